The number of carboxylic acids is 2. The van der Waals surface area contributed by atoms with Crippen LogP contribution >= 0.6 is 0 Å². The topological polar surface area (TPSA) is 90.3 Å². The second-order valence-corrected chi connectivity index (χ2v) is 6.60. The monoisotopic (exact) mass is 404 g/mol. The minimum Gasteiger partial charge on any atom is -0.496 e. The van der Waals surface area contributed by atoms with Gasteiger partial charge in [-0.1, -0.05) is 30.3 Å². The number of para-hydroxylation sites is 1. The van der Waals surface area contributed by atoms with Gasteiger partial charge in [-0.2, -0.15) is 0 Å². The minimum absolute atomic E-state index is 0.171. The molecule has 0 atom stereocenters. The minimum atomic E-state index is -1.82. The van der Waals surface area contributed by atoms with Crippen molar-refractivity contribution in [1.82, 2.24) is 9.80 Å². The van der Waals surface area contributed by atoms with Crippen LogP contribution in [-0.4, -0.2) is 65.2 Å². The number of carbonyl (C=O) groups is 2. The van der Waals surface area contributed by atoms with Gasteiger partial charge in [0.15, 0.2) is 0 Å². The Labute approximate surface area is 168 Å². The molecule has 29 heavy (non-hydrogen) atoms. The summed E-state index contributed by atoms with van der Waals surface area (Å²) in [5, 5.41) is 14.8. The van der Waals surface area contributed by atoms with E-state index >= 15 is 0 Å². The number of benzene rings is 2. The maximum Gasteiger partial charge on any atom is 0.414 e. The summed E-state index contributed by atoms with van der Waals surface area (Å²) < 4.78 is 18.4. The lowest BCUT2D eigenvalue weighted by Crippen LogP contribution is -2.45. The Morgan fingerprint density at radius 1 is 0.897 bits per heavy atom. The van der Waals surface area contributed by atoms with Gasteiger partial charge in [-0.15, -0.1) is 0 Å². The fourth-order valence-corrected chi connectivity index (χ4v) is 3.03. The van der Waals surface area contributed by atoms with Crippen LogP contribution in [0.1, 0.15) is 11.1 Å². The maximum absolute atomic E-state index is 13.0. The molecule has 0 amide bonds. The molecule has 0 bridgehead atoms. The van der Waals surface area contributed by atoms with E-state index in [1.807, 2.05) is 24.3 Å². The molecule has 0 saturated carbocycles. The molecule has 2 aromatic rings. The SMILES string of the molecule is COc1ccccc1CN1CCN(Cc2ccc(F)cc2)CC1.O=C(O)C(=O)O. The van der Waals surface area contributed by atoms with Gasteiger partial charge in [-0.05, 0) is 23.8 Å². The number of methoxy groups -OCH3 is 1. The van der Waals surface area contributed by atoms with Crippen molar-refractivity contribution in [2.45, 2.75) is 13.1 Å². The number of ether oxygens (including phenoxy) is 1. The predicted molar refractivity (Wildman–Crippen MR) is 105 cm³/mol. The van der Waals surface area contributed by atoms with Crippen LogP contribution in [-0.2, 0) is 22.7 Å². The molecule has 1 aliphatic heterocycles. The highest BCUT2D eigenvalue weighted by Crippen LogP contribution is 2.20. The molecule has 0 radical (unpaired) electrons. The molecule has 2 aromatic carbocycles. The molecule has 0 spiro atoms. The largest absolute Gasteiger partial charge is 0.496 e. The summed E-state index contributed by atoms with van der Waals surface area (Å²) in [7, 11) is 1.72. The first-order valence-corrected chi connectivity index (χ1v) is 9.16. The lowest BCUT2D eigenvalue weighted by atomic mass is 10.1. The predicted octanol–water partition coefficient (Wildman–Crippen LogP) is 2.31. The van der Waals surface area contributed by atoms with Crippen LogP contribution in [0.3, 0.4) is 0 Å². The summed E-state index contributed by atoms with van der Waals surface area (Å²) in [6, 6.07) is 15.0. The van der Waals surface area contributed by atoms with Gasteiger partial charge in [0.05, 0.1) is 7.11 Å². The second kappa shape index (κ2) is 11.1. The number of aliphatic carboxylic acids is 2. The van der Waals surface area contributed by atoms with Crippen LogP contribution in [0.25, 0.3) is 0 Å². The number of hydrogen-bond donors (Lipinski definition) is 2. The van der Waals surface area contributed by atoms with Crippen molar-refractivity contribution in [2.75, 3.05) is 33.3 Å². The van der Waals surface area contributed by atoms with E-state index in [9.17, 15) is 4.39 Å². The maximum atomic E-state index is 13.0. The lowest BCUT2D eigenvalue weighted by molar-refractivity contribution is -0.159. The van der Waals surface area contributed by atoms with Crippen LogP contribution in [0.15, 0.2) is 48.5 Å². The quantitative estimate of drug-likeness (QED) is 0.739. The number of carboxylic acid groups (broad SMARTS) is 2. The van der Waals surface area contributed by atoms with E-state index < -0.39 is 11.9 Å². The number of halogens is 1. The van der Waals surface area contributed by atoms with Gasteiger partial charge < -0.3 is 14.9 Å². The van der Waals surface area contributed by atoms with Crippen molar-refractivity contribution in [3.8, 4) is 5.75 Å². The molecule has 0 unspecified atom stereocenters. The summed E-state index contributed by atoms with van der Waals surface area (Å²) in [4.78, 5) is 23.1. The summed E-state index contributed by atoms with van der Waals surface area (Å²) in [6.45, 7) is 5.97. The first kappa shape index (κ1) is 22.3. The normalized spacial score (nSPS) is 14.6. The first-order chi connectivity index (χ1) is 13.9. The lowest BCUT2D eigenvalue weighted by Gasteiger charge is -2.35. The zero-order valence-corrected chi connectivity index (χ0v) is 16.3. The van der Waals surface area contributed by atoms with Gasteiger partial charge in [0.1, 0.15) is 11.6 Å². The molecule has 1 heterocycles. The number of rotatable bonds is 5. The van der Waals surface area contributed by atoms with Crippen LogP contribution in [0.2, 0.25) is 0 Å². The molecule has 2 N–H and O–H groups in total. The van der Waals surface area contributed by atoms with Crippen molar-refractivity contribution in [3.05, 3.63) is 65.5 Å². The first-order valence-electron chi connectivity index (χ1n) is 9.16. The highest BCUT2D eigenvalue weighted by Gasteiger charge is 2.18. The summed E-state index contributed by atoms with van der Waals surface area (Å²) in [6.07, 6.45) is 0. The highest BCUT2D eigenvalue weighted by atomic mass is 19.1. The van der Waals surface area contributed by atoms with Crippen molar-refractivity contribution in [1.29, 1.82) is 0 Å². The molecular weight excluding hydrogens is 379 g/mol. The van der Waals surface area contributed by atoms with Crippen LogP contribution in [0.4, 0.5) is 4.39 Å². The molecule has 1 fully saturated rings. The summed E-state index contributed by atoms with van der Waals surface area (Å²) in [5.74, 6) is -2.86. The molecule has 156 valence electrons. The molecular formula is C21H25FN2O5. The van der Waals surface area contributed by atoms with Crippen LogP contribution in [0, 0.1) is 5.82 Å². The fourth-order valence-electron chi connectivity index (χ4n) is 3.03. The highest BCUT2D eigenvalue weighted by molar-refractivity contribution is 6.27. The third-order valence-corrected chi connectivity index (χ3v) is 4.55. The number of nitrogens with zero attached hydrogens (tertiary/aromatic N) is 2. The average molecular weight is 404 g/mol. The van der Waals surface area contributed by atoms with Gasteiger partial charge in [-0.25, -0.2) is 14.0 Å². The third-order valence-electron chi connectivity index (χ3n) is 4.55. The van der Waals surface area contributed by atoms with Crippen molar-refractivity contribution < 1.29 is 28.9 Å². The molecule has 8 heteroatoms. The van der Waals surface area contributed by atoms with Gasteiger partial charge in [-0.3, -0.25) is 9.80 Å². The van der Waals surface area contributed by atoms with E-state index in [2.05, 4.69) is 21.9 Å². The Kier molecular flexibility index (Phi) is 8.57. The van der Waals surface area contributed by atoms with E-state index in [-0.39, 0.29) is 5.82 Å². The van der Waals surface area contributed by atoms with Crippen molar-refractivity contribution >= 4 is 11.9 Å². The van der Waals surface area contributed by atoms with E-state index in [1.165, 1.54) is 23.3 Å². The van der Waals surface area contributed by atoms with E-state index in [1.54, 1.807) is 7.11 Å². The zero-order valence-electron chi connectivity index (χ0n) is 16.3. The molecule has 0 aliphatic carbocycles. The third kappa shape index (κ3) is 7.52. The molecule has 1 aliphatic rings. The van der Waals surface area contributed by atoms with Crippen LogP contribution in [0.5, 0.6) is 5.75 Å². The Bertz CT molecular complexity index is 793. The van der Waals surface area contributed by atoms with Gasteiger partial charge in [0.2, 0.25) is 0 Å². The number of piperazine rings is 1. The molecule has 7 nitrogen and oxygen atoms in total. The molecule has 3 rings (SSSR count). The summed E-state index contributed by atoms with van der Waals surface area (Å²) >= 11 is 0. The van der Waals surface area contributed by atoms with E-state index in [0.29, 0.717) is 0 Å². The Morgan fingerprint density at radius 3 is 1.93 bits per heavy atom. The Morgan fingerprint density at radius 2 is 1.41 bits per heavy atom. The fraction of sp³-hybridized carbons (Fsp3) is 0.333. The Balaban J connectivity index is 0.000000438. The van der Waals surface area contributed by atoms with Crippen molar-refractivity contribution in [3.63, 3.8) is 0 Å². The zero-order chi connectivity index (χ0) is 21.2. The van der Waals surface area contributed by atoms with Crippen LogP contribution < -0.4 is 4.74 Å². The molecule has 0 aromatic heterocycles. The Hall–Kier alpha value is -2.97. The van der Waals surface area contributed by atoms with E-state index in [0.717, 1.165) is 45.0 Å². The second-order valence-electron chi connectivity index (χ2n) is 6.60. The van der Waals surface area contributed by atoms with Crippen molar-refractivity contribution in [2.24, 2.45) is 0 Å². The van der Waals surface area contributed by atoms with Gasteiger partial charge in [0, 0.05) is 44.8 Å². The summed E-state index contributed by atoms with van der Waals surface area (Å²) in [5.41, 5.74) is 2.41. The van der Waals surface area contributed by atoms with E-state index in [4.69, 9.17) is 24.5 Å². The average Bonchev–Trinajstić information content (AvgIpc) is 2.72. The van der Waals surface area contributed by atoms with Gasteiger partial charge >= 0.3 is 11.9 Å². The number of hydrogen-bond acceptors (Lipinski definition) is 5. The smallest absolute Gasteiger partial charge is 0.414 e. The molecule has 1 saturated heterocycles. The van der Waals surface area contributed by atoms with Gasteiger partial charge in [0.25, 0.3) is 0 Å². The standard InChI is InChI=1S/C19H23FN2O.C2H2O4/c1-23-19-5-3-2-4-17(19)15-22-12-10-21(11-13-22)14-16-6-8-18(20)9-7-16;3-1(4)2(5)6/h2-9H,10-15H2,1H3;(H,3,4)(H,5,6).